The maximum absolute atomic E-state index is 13.0. The highest BCUT2D eigenvalue weighted by Crippen LogP contribution is 2.14. The molecule has 9 heteroatoms. The molecule has 124 valence electrons. The van der Waals surface area contributed by atoms with Gasteiger partial charge >= 0.3 is 0 Å². The van der Waals surface area contributed by atoms with Crippen LogP contribution in [0.4, 0.5) is 20.2 Å². The predicted octanol–water partition coefficient (Wildman–Crippen LogP) is 2.24. The fourth-order valence-electron chi connectivity index (χ4n) is 1.80. The first kappa shape index (κ1) is 17.0. The lowest BCUT2D eigenvalue weighted by atomic mass is 10.2. The zero-order valence-corrected chi connectivity index (χ0v) is 12.1. The highest BCUT2D eigenvalue weighted by atomic mass is 19.2. The molecule has 0 heterocycles. The van der Waals surface area contributed by atoms with E-state index in [-0.39, 0.29) is 16.9 Å². The molecule has 0 bridgehead atoms. The van der Waals surface area contributed by atoms with Gasteiger partial charge in [-0.2, -0.15) is 0 Å². The molecule has 2 amide bonds. The van der Waals surface area contributed by atoms with Crippen LogP contribution >= 0.6 is 0 Å². The van der Waals surface area contributed by atoms with Gasteiger partial charge in [-0.25, -0.2) is 8.78 Å². The third-order valence-electron chi connectivity index (χ3n) is 2.93. The van der Waals surface area contributed by atoms with Crippen LogP contribution in [0.3, 0.4) is 0 Å². The first-order valence-electron chi connectivity index (χ1n) is 6.64. The molecule has 7 nitrogen and oxygen atoms in total. The lowest BCUT2D eigenvalue weighted by Crippen LogP contribution is -2.32. The van der Waals surface area contributed by atoms with Crippen LogP contribution in [0.5, 0.6) is 0 Å². The zero-order chi connectivity index (χ0) is 17.7. The maximum atomic E-state index is 13.0. The number of hydrogen-bond donors (Lipinski definition) is 2. The lowest BCUT2D eigenvalue weighted by Gasteiger charge is -2.07. The van der Waals surface area contributed by atoms with Crippen molar-refractivity contribution in [2.45, 2.75) is 0 Å². The third kappa shape index (κ3) is 4.32. The van der Waals surface area contributed by atoms with Crippen molar-refractivity contribution in [1.29, 1.82) is 0 Å². The Morgan fingerprint density at radius 2 is 1.83 bits per heavy atom. The molecule has 0 unspecified atom stereocenters. The van der Waals surface area contributed by atoms with E-state index in [0.29, 0.717) is 0 Å². The summed E-state index contributed by atoms with van der Waals surface area (Å²) in [5.41, 5.74) is -0.206. The second kappa shape index (κ2) is 7.27. The minimum atomic E-state index is -1.12. The smallest absolute Gasteiger partial charge is 0.270 e. The number of rotatable bonds is 5. The van der Waals surface area contributed by atoms with Gasteiger partial charge in [0.1, 0.15) is 0 Å². The highest BCUT2D eigenvalue weighted by molar-refractivity contribution is 5.99. The average molecular weight is 335 g/mol. The van der Waals surface area contributed by atoms with E-state index >= 15 is 0 Å². The monoisotopic (exact) mass is 335 g/mol. The fourth-order valence-corrected chi connectivity index (χ4v) is 1.80. The minimum absolute atomic E-state index is 0.0184. The molecule has 0 saturated heterocycles. The van der Waals surface area contributed by atoms with Gasteiger partial charge in [0, 0.05) is 29.4 Å². The van der Waals surface area contributed by atoms with E-state index < -0.39 is 34.9 Å². The molecular formula is C15H11F2N3O4. The van der Waals surface area contributed by atoms with Crippen LogP contribution in [0.1, 0.15) is 10.4 Å². The van der Waals surface area contributed by atoms with E-state index in [4.69, 9.17) is 0 Å². The van der Waals surface area contributed by atoms with Crippen molar-refractivity contribution in [2.24, 2.45) is 0 Å². The number of nitrogens with zero attached hydrogens (tertiary/aromatic N) is 1. The van der Waals surface area contributed by atoms with Crippen molar-refractivity contribution in [2.75, 3.05) is 11.9 Å². The van der Waals surface area contributed by atoms with Crippen LogP contribution in [0, 0.1) is 21.7 Å². The summed E-state index contributed by atoms with van der Waals surface area (Å²) in [6.45, 7) is -0.444. The van der Waals surface area contributed by atoms with Crippen LogP contribution in [0.2, 0.25) is 0 Å². The second-order valence-electron chi connectivity index (χ2n) is 4.67. The summed E-state index contributed by atoms with van der Waals surface area (Å²) in [7, 11) is 0. The topological polar surface area (TPSA) is 101 Å². The Hall–Kier alpha value is -3.36. The lowest BCUT2D eigenvalue weighted by molar-refractivity contribution is -0.384. The van der Waals surface area contributed by atoms with Crippen molar-refractivity contribution >= 4 is 23.2 Å². The Bertz CT molecular complexity index is 811. The van der Waals surface area contributed by atoms with Gasteiger partial charge in [-0.1, -0.05) is 6.07 Å². The number of nitro groups is 1. The summed E-state index contributed by atoms with van der Waals surface area (Å²) >= 11 is 0. The average Bonchev–Trinajstić information content (AvgIpc) is 2.56. The highest BCUT2D eigenvalue weighted by Gasteiger charge is 2.13. The van der Waals surface area contributed by atoms with Gasteiger partial charge in [-0.05, 0) is 18.2 Å². The molecule has 0 aliphatic rings. The third-order valence-corrected chi connectivity index (χ3v) is 2.93. The molecule has 2 rings (SSSR count). The quantitative estimate of drug-likeness (QED) is 0.646. The molecule has 2 N–H and O–H groups in total. The largest absolute Gasteiger partial charge is 0.343 e. The van der Waals surface area contributed by atoms with Gasteiger partial charge < -0.3 is 10.6 Å². The Kier molecular flexibility index (Phi) is 5.15. The van der Waals surface area contributed by atoms with E-state index in [1.165, 1.54) is 24.3 Å². The van der Waals surface area contributed by atoms with Gasteiger partial charge in [0.2, 0.25) is 5.91 Å². The van der Waals surface area contributed by atoms with Crippen molar-refractivity contribution in [3.8, 4) is 0 Å². The summed E-state index contributed by atoms with van der Waals surface area (Å²) in [5.74, 6) is -3.51. The van der Waals surface area contributed by atoms with E-state index in [9.17, 15) is 28.5 Å². The van der Waals surface area contributed by atoms with Crippen LogP contribution in [-0.4, -0.2) is 23.3 Å². The normalized spacial score (nSPS) is 10.1. The summed E-state index contributed by atoms with van der Waals surface area (Å²) in [6.07, 6.45) is 0. The molecule has 0 fully saturated rings. The Morgan fingerprint density at radius 1 is 1.08 bits per heavy atom. The van der Waals surface area contributed by atoms with E-state index in [2.05, 4.69) is 10.6 Å². The van der Waals surface area contributed by atoms with Gasteiger partial charge in [0.15, 0.2) is 11.6 Å². The van der Waals surface area contributed by atoms with Crippen molar-refractivity contribution in [3.63, 3.8) is 0 Å². The molecule has 0 aliphatic heterocycles. The van der Waals surface area contributed by atoms with E-state index in [0.717, 1.165) is 18.2 Å². The molecular weight excluding hydrogens is 324 g/mol. The summed E-state index contributed by atoms with van der Waals surface area (Å²) in [5, 5.41) is 15.2. The van der Waals surface area contributed by atoms with E-state index in [1.807, 2.05) is 0 Å². The molecule has 2 aromatic carbocycles. The minimum Gasteiger partial charge on any atom is -0.343 e. The molecule has 0 saturated carbocycles. The predicted molar refractivity (Wildman–Crippen MR) is 80.4 cm³/mol. The zero-order valence-electron chi connectivity index (χ0n) is 12.1. The van der Waals surface area contributed by atoms with Gasteiger partial charge in [-0.15, -0.1) is 0 Å². The number of nitro benzene ring substituents is 1. The number of anilines is 1. The number of carbonyl (C=O) groups is 2. The summed E-state index contributed by atoms with van der Waals surface area (Å²) < 4.78 is 25.8. The number of nitrogens with one attached hydrogen (secondary N) is 2. The first-order chi connectivity index (χ1) is 11.4. The van der Waals surface area contributed by atoms with Crippen LogP contribution in [-0.2, 0) is 4.79 Å². The number of hydrogen-bond acceptors (Lipinski definition) is 4. The Labute approximate surface area is 134 Å². The number of benzene rings is 2. The van der Waals surface area contributed by atoms with Crippen LogP contribution in [0.15, 0.2) is 42.5 Å². The fraction of sp³-hybridized carbons (Fsp3) is 0.0667. The summed E-state index contributed by atoms with van der Waals surface area (Å²) in [6, 6.07) is 7.82. The van der Waals surface area contributed by atoms with E-state index in [1.54, 1.807) is 0 Å². The molecule has 0 aromatic heterocycles. The number of non-ortho nitro benzene ring substituents is 1. The van der Waals surface area contributed by atoms with Gasteiger partial charge in [0.05, 0.1) is 11.5 Å². The second-order valence-corrected chi connectivity index (χ2v) is 4.67. The summed E-state index contributed by atoms with van der Waals surface area (Å²) in [4.78, 5) is 33.5. The Morgan fingerprint density at radius 3 is 2.50 bits per heavy atom. The van der Waals surface area contributed by atoms with Gasteiger partial charge in [-0.3, -0.25) is 19.7 Å². The van der Waals surface area contributed by atoms with Crippen LogP contribution in [0.25, 0.3) is 0 Å². The number of amides is 2. The molecule has 24 heavy (non-hydrogen) atoms. The molecule has 0 radical (unpaired) electrons. The number of halogens is 2. The first-order valence-corrected chi connectivity index (χ1v) is 6.64. The number of carbonyl (C=O) groups excluding carboxylic acids is 2. The standard InChI is InChI=1S/C15H11F2N3O4/c16-12-5-4-10(7-13(12)17)19-14(21)8-18-15(22)9-2-1-3-11(6-9)20(23)24/h1-7H,8H2,(H,18,22)(H,19,21). The maximum Gasteiger partial charge on any atom is 0.270 e. The van der Waals surface area contributed by atoms with Gasteiger partial charge in [0.25, 0.3) is 11.6 Å². The van der Waals surface area contributed by atoms with Crippen molar-refractivity contribution in [1.82, 2.24) is 5.32 Å². The molecule has 0 spiro atoms. The Balaban J connectivity index is 1.93. The van der Waals surface area contributed by atoms with Crippen LogP contribution < -0.4 is 10.6 Å². The van der Waals surface area contributed by atoms with Crippen molar-refractivity contribution < 1.29 is 23.3 Å². The molecule has 2 aromatic rings. The van der Waals surface area contributed by atoms with Crippen molar-refractivity contribution in [3.05, 3.63) is 69.8 Å². The molecule has 0 atom stereocenters. The molecule has 0 aliphatic carbocycles. The SMILES string of the molecule is O=C(CNC(=O)c1cccc([N+](=O)[O-])c1)Nc1ccc(F)c(F)c1.